The van der Waals surface area contributed by atoms with Gasteiger partial charge in [0.25, 0.3) is 0 Å². The van der Waals surface area contributed by atoms with Crippen LogP contribution in [0.5, 0.6) is 0 Å². The van der Waals surface area contributed by atoms with E-state index in [-0.39, 0.29) is 18.6 Å². The summed E-state index contributed by atoms with van der Waals surface area (Å²) in [4.78, 5) is 25.1. The summed E-state index contributed by atoms with van der Waals surface area (Å²) in [5.41, 5.74) is 7.29. The Morgan fingerprint density at radius 1 is 1.43 bits per heavy atom. The van der Waals surface area contributed by atoms with Crippen molar-refractivity contribution in [3.05, 3.63) is 17.0 Å². The van der Waals surface area contributed by atoms with Crippen LogP contribution in [-0.4, -0.2) is 45.9 Å². The van der Waals surface area contributed by atoms with Gasteiger partial charge in [-0.05, 0) is 33.6 Å². The minimum atomic E-state index is -0.459. The number of rotatable bonds is 4. The number of hydrogen-bond acceptors (Lipinski definition) is 4. The molecule has 0 radical (unpaired) electrons. The van der Waals surface area contributed by atoms with Gasteiger partial charge < -0.3 is 15.4 Å². The Labute approximate surface area is 124 Å². The molecule has 0 saturated carbocycles. The molecule has 2 heterocycles. The first-order valence-electron chi connectivity index (χ1n) is 7.22. The van der Waals surface area contributed by atoms with E-state index in [0.717, 1.165) is 18.5 Å². The molecule has 7 nitrogen and oxygen atoms in total. The van der Waals surface area contributed by atoms with Gasteiger partial charge in [0.2, 0.25) is 0 Å². The Morgan fingerprint density at radius 3 is 2.71 bits per heavy atom. The third-order valence-corrected chi connectivity index (χ3v) is 3.95. The lowest BCUT2D eigenvalue weighted by molar-refractivity contribution is 0.0420. The number of aromatic nitrogens is 2. The fourth-order valence-corrected chi connectivity index (χ4v) is 2.84. The number of ether oxygens (including phenoxy) is 1. The third-order valence-electron chi connectivity index (χ3n) is 3.95. The van der Waals surface area contributed by atoms with Crippen LogP contribution in [0.15, 0.2) is 0 Å². The fourth-order valence-electron chi connectivity index (χ4n) is 2.84. The molecule has 2 amide bonds. The van der Waals surface area contributed by atoms with Crippen molar-refractivity contribution in [3.8, 4) is 0 Å². The zero-order valence-corrected chi connectivity index (χ0v) is 12.8. The van der Waals surface area contributed by atoms with Gasteiger partial charge in [-0.2, -0.15) is 5.10 Å². The lowest BCUT2D eigenvalue weighted by Gasteiger charge is -2.22. The van der Waals surface area contributed by atoms with Gasteiger partial charge >= 0.3 is 12.0 Å². The maximum absolute atomic E-state index is 12.2. The predicted molar refractivity (Wildman–Crippen MR) is 77.0 cm³/mol. The molecular weight excluding hydrogens is 272 g/mol. The van der Waals surface area contributed by atoms with E-state index in [4.69, 9.17) is 10.5 Å². The lowest BCUT2D eigenvalue weighted by atomic mass is 10.2. The highest BCUT2D eigenvalue weighted by atomic mass is 16.5. The van der Waals surface area contributed by atoms with E-state index in [1.165, 1.54) is 0 Å². The first kappa shape index (κ1) is 15.3. The van der Waals surface area contributed by atoms with Gasteiger partial charge in [-0.3, -0.25) is 4.68 Å². The van der Waals surface area contributed by atoms with Crippen LogP contribution >= 0.6 is 0 Å². The van der Waals surface area contributed by atoms with Crippen molar-refractivity contribution in [1.82, 2.24) is 14.7 Å². The Balaban J connectivity index is 2.02. The smallest absolute Gasteiger partial charge is 0.341 e. The monoisotopic (exact) mass is 294 g/mol. The molecule has 0 aromatic carbocycles. The minimum Gasteiger partial charge on any atom is -0.460 e. The van der Waals surface area contributed by atoms with Crippen molar-refractivity contribution in [2.75, 3.05) is 13.2 Å². The summed E-state index contributed by atoms with van der Waals surface area (Å²) in [6.45, 7) is 7.13. The number of carbonyl (C=O) groups is 2. The van der Waals surface area contributed by atoms with Crippen LogP contribution < -0.4 is 5.73 Å². The van der Waals surface area contributed by atoms with Crippen LogP contribution in [0.2, 0.25) is 0 Å². The van der Waals surface area contributed by atoms with Gasteiger partial charge in [0, 0.05) is 13.1 Å². The maximum Gasteiger partial charge on any atom is 0.341 e. The lowest BCUT2D eigenvalue weighted by Crippen LogP contribution is -2.42. The molecule has 1 aliphatic rings. The Hall–Kier alpha value is -2.05. The van der Waals surface area contributed by atoms with Crippen LogP contribution in [0.4, 0.5) is 4.79 Å². The molecule has 1 atom stereocenters. The molecule has 1 aromatic rings. The van der Waals surface area contributed by atoms with Crippen LogP contribution in [0.25, 0.3) is 0 Å². The van der Waals surface area contributed by atoms with Gasteiger partial charge in [-0.15, -0.1) is 0 Å². The molecule has 2 N–H and O–H groups in total. The number of urea groups is 1. The molecule has 21 heavy (non-hydrogen) atoms. The van der Waals surface area contributed by atoms with Crippen molar-refractivity contribution in [3.63, 3.8) is 0 Å². The molecular formula is C14H22N4O3. The second-order valence-electron chi connectivity index (χ2n) is 5.29. The normalized spacial score (nSPS) is 18.0. The van der Waals surface area contributed by atoms with Crippen molar-refractivity contribution in [2.24, 2.45) is 5.73 Å². The molecule has 0 bridgehead atoms. The zero-order valence-electron chi connectivity index (χ0n) is 12.8. The number of carbonyl (C=O) groups excluding carboxylic acids is 2. The minimum absolute atomic E-state index is 0.117. The summed E-state index contributed by atoms with van der Waals surface area (Å²) in [5.74, 6) is -0.388. The van der Waals surface area contributed by atoms with E-state index in [9.17, 15) is 9.59 Å². The molecule has 7 heteroatoms. The second-order valence-corrected chi connectivity index (χ2v) is 5.29. The maximum atomic E-state index is 12.2. The molecule has 2 rings (SSSR count). The first-order valence-corrected chi connectivity index (χ1v) is 7.22. The second kappa shape index (κ2) is 6.15. The third kappa shape index (κ3) is 3.01. The predicted octanol–water partition coefficient (Wildman–Crippen LogP) is 1.22. The number of primary amides is 1. The molecule has 1 aliphatic heterocycles. The molecule has 1 aromatic heterocycles. The summed E-state index contributed by atoms with van der Waals surface area (Å²) >= 11 is 0. The van der Waals surface area contributed by atoms with Crippen LogP contribution in [0.1, 0.15) is 41.5 Å². The van der Waals surface area contributed by atoms with Crippen LogP contribution in [0, 0.1) is 13.8 Å². The van der Waals surface area contributed by atoms with E-state index in [1.807, 2.05) is 13.8 Å². The molecule has 1 unspecified atom stereocenters. The Kier molecular flexibility index (Phi) is 4.50. The number of esters is 1. The largest absolute Gasteiger partial charge is 0.460 e. The fraction of sp³-hybridized carbons (Fsp3) is 0.643. The van der Waals surface area contributed by atoms with Gasteiger partial charge in [0.1, 0.15) is 12.2 Å². The van der Waals surface area contributed by atoms with Crippen molar-refractivity contribution < 1.29 is 14.3 Å². The van der Waals surface area contributed by atoms with Crippen LogP contribution in [0.3, 0.4) is 0 Å². The summed E-state index contributed by atoms with van der Waals surface area (Å²) in [6.07, 6.45) is 1.69. The zero-order chi connectivity index (χ0) is 15.6. The van der Waals surface area contributed by atoms with Crippen molar-refractivity contribution in [1.29, 1.82) is 0 Å². The number of hydrogen-bond donors (Lipinski definition) is 1. The van der Waals surface area contributed by atoms with Gasteiger partial charge in [-0.1, -0.05) is 0 Å². The van der Waals surface area contributed by atoms with Gasteiger partial charge in [-0.25, -0.2) is 9.59 Å². The molecule has 0 aliphatic carbocycles. The summed E-state index contributed by atoms with van der Waals surface area (Å²) in [5, 5.41) is 4.30. The summed E-state index contributed by atoms with van der Waals surface area (Å²) in [6, 6.07) is -0.576. The Bertz CT molecular complexity index is 553. The van der Waals surface area contributed by atoms with E-state index < -0.39 is 6.03 Å². The quantitative estimate of drug-likeness (QED) is 0.845. The van der Waals surface area contributed by atoms with E-state index in [2.05, 4.69) is 5.10 Å². The number of likely N-dealkylation sites (tertiary alicyclic amines) is 1. The molecule has 0 spiro atoms. The number of nitrogens with zero attached hydrogens (tertiary/aromatic N) is 3. The highest BCUT2D eigenvalue weighted by molar-refractivity contribution is 5.91. The standard InChI is InChI=1S/C14H22N4O3/c1-4-18-10(3)12(9(2)16-18)13(19)21-8-11-6-5-7-17(11)14(15)20/h11H,4-8H2,1-3H3,(H2,15,20). The van der Waals surface area contributed by atoms with E-state index in [0.29, 0.717) is 24.3 Å². The van der Waals surface area contributed by atoms with Gasteiger partial charge in [0.15, 0.2) is 0 Å². The summed E-state index contributed by atoms with van der Waals surface area (Å²) in [7, 11) is 0. The molecule has 1 saturated heterocycles. The Morgan fingerprint density at radius 2 is 2.14 bits per heavy atom. The van der Waals surface area contributed by atoms with Gasteiger partial charge in [0.05, 0.1) is 17.4 Å². The molecule has 1 fully saturated rings. The average Bonchev–Trinajstić information content (AvgIpc) is 3.00. The highest BCUT2D eigenvalue weighted by Crippen LogP contribution is 2.19. The average molecular weight is 294 g/mol. The van der Waals surface area contributed by atoms with Crippen molar-refractivity contribution in [2.45, 2.75) is 46.2 Å². The summed E-state index contributed by atoms with van der Waals surface area (Å²) < 4.78 is 7.15. The van der Waals surface area contributed by atoms with E-state index >= 15 is 0 Å². The van der Waals surface area contributed by atoms with Crippen LogP contribution in [-0.2, 0) is 11.3 Å². The number of nitrogens with two attached hydrogens (primary N) is 1. The first-order chi connectivity index (χ1) is 9.95. The molecule has 116 valence electrons. The number of amides is 2. The SMILES string of the molecule is CCn1nc(C)c(C(=O)OCC2CCCN2C(N)=O)c1C. The van der Waals surface area contributed by atoms with Crippen molar-refractivity contribution >= 4 is 12.0 Å². The topological polar surface area (TPSA) is 90.5 Å². The highest BCUT2D eigenvalue weighted by Gasteiger charge is 2.29. The number of aryl methyl sites for hydroxylation is 2. The van der Waals surface area contributed by atoms with E-state index in [1.54, 1.807) is 16.5 Å².